The maximum Gasteiger partial charge on any atom is 0.261 e. The maximum atomic E-state index is 13.4. The third kappa shape index (κ3) is 4.86. The normalized spacial score (nSPS) is 10.8. The molecule has 0 aliphatic rings. The van der Waals surface area contributed by atoms with Crippen LogP contribution in [0.3, 0.4) is 0 Å². The molecule has 9 heteroatoms. The quantitative estimate of drug-likeness (QED) is 0.293. The Morgan fingerprint density at radius 3 is 2.87 bits per heavy atom. The summed E-state index contributed by atoms with van der Waals surface area (Å²) in [7, 11) is 0. The number of aryl methyl sites for hydroxylation is 2. The number of nitrogens with zero attached hydrogens (tertiary/aromatic N) is 4. The first-order valence-corrected chi connectivity index (χ1v) is 11.1. The van der Waals surface area contributed by atoms with E-state index in [0.29, 0.717) is 22.3 Å². The van der Waals surface area contributed by atoms with Gasteiger partial charge in [0, 0.05) is 30.0 Å². The summed E-state index contributed by atoms with van der Waals surface area (Å²) in [5, 5.41) is 1.11. The van der Waals surface area contributed by atoms with Crippen LogP contribution in [0.25, 0.3) is 10.2 Å². The van der Waals surface area contributed by atoms with Crippen LogP contribution in [0.15, 0.2) is 59.6 Å². The molecular weight excluding hydrogens is 507 g/mol. The molecule has 0 unspecified atom stereocenters. The van der Waals surface area contributed by atoms with Crippen molar-refractivity contribution in [1.29, 1.82) is 0 Å². The van der Waals surface area contributed by atoms with Crippen molar-refractivity contribution in [2.24, 2.45) is 0 Å². The molecule has 2 aromatic carbocycles. The molecule has 0 aliphatic carbocycles. The number of para-hydroxylation sites is 1. The number of fused-ring (bicyclic) bond motifs is 1. The first-order chi connectivity index (χ1) is 14.0. The van der Waals surface area contributed by atoms with Crippen LogP contribution in [0, 0.1) is 6.92 Å². The Balaban J connectivity index is 0.00000256. The summed E-state index contributed by atoms with van der Waals surface area (Å²) >= 11 is 11.3. The molecule has 2 aromatic heterocycles. The number of benzene rings is 2. The second-order valence-electron chi connectivity index (χ2n) is 6.65. The second kappa shape index (κ2) is 9.92. The summed E-state index contributed by atoms with van der Waals surface area (Å²) in [6.45, 7) is 3.32. The van der Waals surface area contributed by atoms with E-state index in [1.807, 2.05) is 42.0 Å². The Morgan fingerprint density at radius 1 is 1.30 bits per heavy atom. The van der Waals surface area contributed by atoms with Gasteiger partial charge < -0.3 is 4.57 Å². The lowest BCUT2D eigenvalue weighted by Crippen LogP contribution is -2.32. The number of rotatable bonds is 6. The molecule has 4 rings (SSSR count). The van der Waals surface area contributed by atoms with Gasteiger partial charge in [-0.2, -0.15) is 0 Å². The van der Waals surface area contributed by atoms with Gasteiger partial charge in [-0.05, 0) is 43.2 Å². The third-order valence-corrected chi connectivity index (χ3v) is 6.47. The molecule has 0 atom stereocenters. The number of hydrogen-bond acceptors (Lipinski definition) is 4. The van der Waals surface area contributed by atoms with E-state index in [1.165, 1.54) is 11.3 Å². The summed E-state index contributed by atoms with van der Waals surface area (Å²) in [4.78, 5) is 24.0. The third-order valence-electron chi connectivity index (χ3n) is 4.60. The molecule has 30 heavy (non-hydrogen) atoms. The standard InChI is InChI=1S/C21H18BrClN4OS.ClH/c1-14-4-2-5-18-19(14)25-21(29-18)27(10-3-9-26-11-8-24-13-26)20(28)16-12-15(22)6-7-17(16)23;/h2,4-8,11-13H,3,9-10H2,1H3;1H. The summed E-state index contributed by atoms with van der Waals surface area (Å²) < 4.78 is 3.87. The molecular formula is C21H19BrCl2N4OS. The molecule has 156 valence electrons. The highest BCUT2D eigenvalue weighted by atomic mass is 79.9. The van der Waals surface area contributed by atoms with Crippen molar-refractivity contribution in [3.63, 3.8) is 0 Å². The van der Waals surface area contributed by atoms with Crippen molar-refractivity contribution in [3.8, 4) is 0 Å². The molecule has 5 nitrogen and oxygen atoms in total. The Hall–Kier alpha value is -1.93. The van der Waals surface area contributed by atoms with Crippen LogP contribution in [-0.4, -0.2) is 27.0 Å². The molecule has 2 heterocycles. The van der Waals surface area contributed by atoms with Crippen LogP contribution in [0.5, 0.6) is 0 Å². The van der Waals surface area contributed by atoms with Crippen molar-refractivity contribution in [3.05, 3.63) is 75.7 Å². The minimum Gasteiger partial charge on any atom is -0.337 e. The topological polar surface area (TPSA) is 51.0 Å². The monoisotopic (exact) mass is 524 g/mol. The predicted molar refractivity (Wildman–Crippen MR) is 129 cm³/mol. The van der Waals surface area contributed by atoms with Crippen molar-refractivity contribution >= 4 is 72.5 Å². The smallest absolute Gasteiger partial charge is 0.261 e. The van der Waals surface area contributed by atoms with E-state index in [9.17, 15) is 4.79 Å². The fourth-order valence-corrected chi connectivity index (χ4v) is 4.74. The van der Waals surface area contributed by atoms with Crippen molar-refractivity contribution in [2.45, 2.75) is 19.9 Å². The second-order valence-corrected chi connectivity index (χ2v) is 8.99. The number of halogens is 3. The fourth-order valence-electron chi connectivity index (χ4n) is 3.11. The van der Waals surface area contributed by atoms with E-state index < -0.39 is 0 Å². The number of hydrogen-bond donors (Lipinski definition) is 0. The number of carbonyl (C=O) groups excluding carboxylic acids is 1. The lowest BCUT2D eigenvalue weighted by Gasteiger charge is -2.21. The minimum absolute atomic E-state index is 0. The number of thiazole rings is 1. The predicted octanol–water partition coefficient (Wildman–Crippen LogP) is 6.38. The van der Waals surface area contributed by atoms with E-state index >= 15 is 0 Å². The van der Waals surface area contributed by atoms with Gasteiger partial charge in [-0.3, -0.25) is 9.69 Å². The van der Waals surface area contributed by atoms with Crippen molar-refractivity contribution in [1.82, 2.24) is 14.5 Å². The summed E-state index contributed by atoms with van der Waals surface area (Å²) in [5.74, 6) is -0.154. The van der Waals surface area contributed by atoms with E-state index in [1.54, 1.807) is 29.6 Å². The van der Waals surface area contributed by atoms with Crippen LogP contribution in [0.4, 0.5) is 5.13 Å². The molecule has 0 aliphatic heterocycles. The van der Waals surface area contributed by atoms with Gasteiger partial charge in [0.05, 0.1) is 27.1 Å². The van der Waals surface area contributed by atoms with Crippen LogP contribution in [-0.2, 0) is 6.54 Å². The van der Waals surface area contributed by atoms with Crippen LogP contribution in [0.2, 0.25) is 5.02 Å². The number of carbonyl (C=O) groups is 1. The van der Waals surface area contributed by atoms with E-state index in [0.717, 1.165) is 33.2 Å². The summed E-state index contributed by atoms with van der Waals surface area (Å²) in [6.07, 6.45) is 6.21. The van der Waals surface area contributed by atoms with Gasteiger partial charge >= 0.3 is 0 Å². The maximum absolute atomic E-state index is 13.4. The SMILES string of the molecule is Cc1cccc2sc(N(CCCn3ccnc3)C(=O)c3cc(Br)ccc3Cl)nc12.Cl. The van der Waals surface area contributed by atoms with Gasteiger partial charge in [-0.15, -0.1) is 12.4 Å². The van der Waals surface area contributed by atoms with Gasteiger partial charge in [-0.25, -0.2) is 9.97 Å². The highest BCUT2D eigenvalue weighted by Crippen LogP contribution is 2.32. The first kappa shape index (κ1) is 22.7. The van der Waals surface area contributed by atoms with Gasteiger partial charge in [0.15, 0.2) is 5.13 Å². The number of imidazole rings is 1. The molecule has 4 aromatic rings. The zero-order chi connectivity index (χ0) is 20.4. The van der Waals surface area contributed by atoms with Crippen molar-refractivity contribution in [2.75, 3.05) is 11.4 Å². The van der Waals surface area contributed by atoms with E-state index in [4.69, 9.17) is 16.6 Å². The van der Waals surface area contributed by atoms with E-state index in [-0.39, 0.29) is 18.3 Å². The Kier molecular flexibility index (Phi) is 7.52. The Morgan fingerprint density at radius 2 is 2.13 bits per heavy atom. The highest BCUT2D eigenvalue weighted by molar-refractivity contribution is 9.10. The molecule has 0 saturated heterocycles. The molecule has 0 N–H and O–H groups in total. The molecule has 0 saturated carbocycles. The van der Waals surface area contributed by atoms with E-state index in [2.05, 4.69) is 20.9 Å². The number of aromatic nitrogens is 3. The minimum atomic E-state index is -0.154. The van der Waals surface area contributed by atoms with Crippen molar-refractivity contribution < 1.29 is 4.79 Å². The van der Waals surface area contributed by atoms with Crippen LogP contribution >= 0.6 is 51.3 Å². The Labute approximate surface area is 198 Å². The molecule has 1 amide bonds. The summed E-state index contributed by atoms with van der Waals surface area (Å²) in [5.41, 5.74) is 2.48. The lowest BCUT2D eigenvalue weighted by molar-refractivity contribution is 0.0986. The van der Waals surface area contributed by atoms with Gasteiger partial charge in [-0.1, -0.05) is 51.0 Å². The van der Waals surface area contributed by atoms with Gasteiger partial charge in [0.1, 0.15) is 0 Å². The highest BCUT2D eigenvalue weighted by Gasteiger charge is 2.23. The zero-order valence-electron chi connectivity index (χ0n) is 16.1. The Bertz CT molecular complexity index is 1160. The first-order valence-electron chi connectivity index (χ1n) is 9.12. The van der Waals surface area contributed by atoms with Crippen LogP contribution < -0.4 is 4.90 Å². The number of amides is 1. The zero-order valence-corrected chi connectivity index (χ0v) is 20.1. The molecule has 0 spiro atoms. The lowest BCUT2D eigenvalue weighted by atomic mass is 10.2. The summed E-state index contributed by atoms with van der Waals surface area (Å²) in [6, 6.07) is 11.4. The average molecular weight is 526 g/mol. The molecule has 0 radical (unpaired) electrons. The van der Waals surface area contributed by atoms with Gasteiger partial charge in [0.2, 0.25) is 0 Å². The average Bonchev–Trinajstić information content (AvgIpc) is 3.37. The molecule has 0 fully saturated rings. The number of anilines is 1. The molecule has 0 bridgehead atoms. The largest absolute Gasteiger partial charge is 0.337 e. The van der Waals surface area contributed by atoms with Crippen LogP contribution in [0.1, 0.15) is 22.3 Å². The van der Waals surface area contributed by atoms with Gasteiger partial charge in [0.25, 0.3) is 5.91 Å². The fraction of sp³-hybridized carbons (Fsp3) is 0.190.